The first-order valence-electron chi connectivity index (χ1n) is 5.93. The second-order valence-corrected chi connectivity index (χ2v) is 4.72. The fourth-order valence-electron chi connectivity index (χ4n) is 2.24. The predicted octanol–water partition coefficient (Wildman–Crippen LogP) is -3.67. The van der Waals surface area contributed by atoms with Crippen LogP contribution in [0.4, 0.5) is 0 Å². The monoisotopic (exact) mass is 347 g/mol. The standard InChI is InChI=1S/C15H19NO.2ClH.Ti/c1-16(2)10-12-7-8-13(9-12)15-6-4-3-5-14(15)11-17;;;/h3-9,13,17H,10-11H2,1-2H3;2*1H;/q;;;+2/p-2. The molecule has 0 amide bonds. The summed E-state index contributed by atoms with van der Waals surface area (Å²) in [6, 6.07) is 8.08. The van der Waals surface area contributed by atoms with Gasteiger partial charge in [-0.15, -0.1) is 0 Å². The van der Waals surface area contributed by atoms with Crippen molar-refractivity contribution in [3.63, 3.8) is 0 Å². The number of benzene rings is 1. The molecule has 2 nitrogen and oxygen atoms in total. The van der Waals surface area contributed by atoms with Gasteiger partial charge in [-0.05, 0) is 30.8 Å². The molecule has 1 N–H and O–H groups in total. The number of rotatable bonds is 4. The van der Waals surface area contributed by atoms with Crippen molar-refractivity contribution in [3.8, 4) is 0 Å². The summed E-state index contributed by atoms with van der Waals surface area (Å²) in [5.74, 6) is 0.313. The first-order chi connectivity index (χ1) is 8.20. The molecule has 0 aliphatic heterocycles. The van der Waals surface area contributed by atoms with Crippen molar-refractivity contribution in [1.29, 1.82) is 0 Å². The molecule has 0 radical (unpaired) electrons. The smallest absolute Gasteiger partial charge is 1.00 e. The number of likely N-dealkylation sites (N-methyl/N-ethyl adjacent to an activating group) is 1. The zero-order valence-electron chi connectivity index (χ0n) is 11.7. The van der Waals surface area contributed by atoms with E-state index >= 15 is 0 Å². The molecule has 0 saturated heterocycles. The molecule has 1 unspecified atom stereocenters. The van der Waals surface area contributed by atoms with Crippen LogP contribution in [-0.2, 0) is 28.3 Å². The van der Waals surface area contributed by atoms with Crippen molar-refractivity contribution in [3.05, 3.63) is 59.2 Å². The van der Waals surface area contributed by atoms with E-state index in [-0.39, 0.29) is 53.1 Å². The van der Waals surface area contributed by atoms with Crippen molar-refractivity contribution in [2.75, 3.05) is 20.6 Å². The third kappa shape index (κ3) is 5.73. The average molecular weight is 348 g/mol. The molecule has 0 fully saturated rings. The molecule has 0 saturated carbocycles. The summed E-state index contributed by atoms with van der Waals surface area (Å²) in [6.45, 7) is 1.08. The summed E-state index contributed by atoms with van der Waals surface area (Å²) < 4.78 is 0. The molecule has 0 bridgehead atoms. The van der Waals surface area contributed by atoms with Crippen molar-refractivity contribution >= 4 is 0 Å². The summed E-state index contributed by atoms with van der Waals surface area (Å²) >= 11 is 0. The van der Waals surface area contributed by atoms with Gasteiger partial charge in [-0.2, -0.15) is 0 Å². The molecule has 1 aliphatic carbocycles. The van der Waals surface area contributed by atoms with Crippen molar-refractivity contribution in [1.82, 2.24) is 4.90 Å². The van der Waals surface area contributed by atoms with E-state index in [2.05, 4.69) is 43.3 Å². The first-order valence-corrected chi connectivity index (χ1v) is 5.93. The summed E-state index contributed by atoms with van der Waals surface area (Å²) in [6.07, 6.45) is 6.65. The van der Waals surface area contributed by atoms with Gasteiger partial charge < -0.3 is 34.8 Å². The second-order valence-electron chi connectivity index (χ2n) is 4.72. The number of aliphatic hydroxyl groups is 1. The Morgan fingerprint density at radius 1 is 1.15 bits per heavy atom. The van der Waals surface area contributed by atoms with Crippen LogP contribution >= 0.6 is 0 Å². The van der Waals surface area contributed by atoms with E-state index in [4.69, 9.17) is 0 Å². The Balaban J connectivity index is 0. The van der Waals surface area contributed by atoms with Crippen LogP contribution in [0.25, 0.3) is 0 Å². The van der Waals surface area contributed by atoms with Gasteiger partial charge in [0.2, 0.25) is 0 Å². The Bertz CT molecular complexity index is 461. The average Bonchev–Trinajstić information content (AvgIpc) is 2.76. The largest absolute Gasteiger partial charge is 2.00 e. The Kier molecular flexibility index (Phi) is 11.8. The fourth-order valence-corrected chi connectivity index (χ4v) is 2.24. The van der Waals surface area contributed by atoms with Crippen molar-refractivity contribution in [2.24, 2.45) is 0 Å². The number of allylic oxidation sites excluding steroid dienone is 2. The van der Waals surface area contributed by atoms with E-state index in [1.54, 1.807) is 0 Å². The third-order valence-electron chi connectivity index (χ3n) is 2.99. The Morgan fingerprint density at radius 2 is 1.80 bits per heavy atom. The minimum atomic E-state index is 0. The van der Waals surface area contributed by atoms with E-state index in [0.29, 0.717) is 5.92 Å². The molecular formula is C15H19Cl2NOTi. The van der Waals surface area contributed by atoms with Crippen LogP contribution in [0.3, 0.4) is 0 Å². The molecule has 5 heteroatoms. The maximum Gasteiger partial charge on any atom is 2.00 e. The first kappa shape index (κ1) is 22.2. The van der Waals surface area contributed by atoms with E-state index in [1.165, 1.54) is 11.1 Å². The zero-order chi connectivity index (χ0) is 12.3. The summed E-state index contributed by atoms with van der Waals surface area (Å²) in [5.41, 5.74) is 3.57. The molecular weight excluding hydrogens is 329 g/mol. The number of aliphatic hydroxyl groups excluding tert-OH is 1. The van der Waals surface area contributed by atoms with Crippen LogP contribution in [0, 0.1) is 0 Å². The molecule has 0 heterocycles. The number of nitrogens with zero attached hydrogens (tertiary/aromatic N) is 1. The minimum absolute atomic E-state index is 0. The van der Waals surface area contributed by atoms with E-state index in [9.17, 15) is 5.11 Å². The van der Waals surface area contributed by atoms with Gasteiger partial charge in [-0.25, -0.2) is 0 Å². The Hall–Kier alpha value is -0.0857. The third-order valence-corrected chi connectivity index (χ3v) is 2.99. The number of hydrogen-bond acceptors (Lipinski definition) is 2. The van der Waals surface area contributed by atoms with Crippen LogP contribution in [-0.4, -0.2) is 30.6 Å². The van der Waals surface area contributed by atoms with Crippen LogP contribution in [0.5, 0.6) is 0 Å². The van der Waals surface area contributed by atoms with Gasteiger partial charge in [-0.3, -0.25) is 0 Å². The quantitative estimate of drug-likeness (QED) is 0.567. The van der Waals surface area contributed by atoms with Gasteiger partial charge in [-0.1, -0.05) is 42.5 Å². The molecule has 0 spiro atoms. The molecule has 2 rings (SSSR count). The molecule has 108 valence electrons. The number of halogens is 2. The molecule has 1 aliphatic rings. The topological polar surface area (TPSA) is 23.5 Å². The molecule has 1 atom stereocenters. The maximum absolute atomic E-state index is 9.34. The Labute approximate surface area is 148 Å². The van der Waals surface area contributed by atoms with Crippen LogP contribution in [0.15, 0.2) is 48.1 Å². The summed E-state index contributed by atoms with van der Waals surface area (Å²) in [5, 5.41) is 9.34. The maximum atomic E-state index is 9.34. The van der Waals surface area contributed by atoms with Gasteiger partial charge in [0.15, 0.2) is 0 Å². The fraction of sp³-hybridized carbons (Fsp3) is 0.333. The van der Waals surface area contributed by atoms with Gasteiger partial charge in [0.1, 0.15) is 0 Å². The van der Waals surface area contributed by atoms with Gasteiger partial charge in [0.25, 0.3) is 0 Å². The van der Waals surface area contributed by atoms with Crippen molar-refractivity contribution < 1.29 is 51.6 Å². The minimum Gasteiger partial charge on any atom is -1.00 e. The van der Waals surface area contributed by atoms with E-state index in [0.717, 1.165) is 12.1 Å². The van der Waals surface area contributed by atoms with Crippen LogP contribution < -0.4 is 24.8 Å². The van der Waals surface area contributed by atoms with Gasteiger partial charge in [0.05, 0.1) is 6.61 Å². The summed E-state index contributed by atoms with van der Waals surface area (Å²) in [7, 11) is 4.15. The molecule has 1 aromatic rings. The van der Waals surface area contributed by atoms with E-state index in [1.807, 2.05) is 18.2 Å². The normalized spacial score (nSPS) is 16.0. The van der Waals surface area contributed by atoms with Gasteiger partial charge in [0, 0.05) is 12.5 Å². The molecule has 0 aromatic heterocycles. The van der Waals surface area contributed by atoms with Crippen LogP contribution in [0.1, 0.15) is 17.0 Å². The zero-order valence-corrected chi connectivity index (χ0v) is 14.8. The summed E-state index contributed by atoms with van der Waals surface area (Å²) in [4.78, 5) is 2.16. The molecule has 1 aromatic carbocycles. The molecule has 20 heavy (non-hydrogen) atoms. The predicted molar refractivity (Wildman–Crippen MR) is 70.9 cm³/mol. The second kappa shape index (κ2) is 10.6. The SMILES string of the molecule is CN(C)CC1=CC(c2ccccc2CO)C=C1.[Cl-].[Cl-].[Ti+2]. The van der Waals surface area contributed by atoms with Gasteiger partial charge >= 0.3 is 21.7 Å². The Morgan fingerprint density at radius 3 is 2.40 bits per heavy atom. The number of hydrogen-bond donors (Lipinski definition) is 1. The van der Waals surface area contributed by atoms with E-state index < -0.39 is 0 Å². The van der Waals surface area contributed by atoms with Crippen LogP contribution in [0.2, 0.25) is 0 Å². The van der Waals surface area contributed by atoms with Crippen molar-refractivity contribution in [2.45, 2.75) is 12.5 Å².